The minimum absolute atomic E-state index is 0.159. The smallest absolute Gasteiger partial charge is 0.305 e. The predicted molar refractivity (Wildman–Crippen MR) is 90.8 cm³/mol. The molecule has 1 aromatic rings. The molecule has 1 aliphatic rings. The molecule has 25 heavy (non-hydrogen) atoms. The molecule has 7 nitrogen and oxygen atoms in total. The first kappa shape index (κ1) is 19.1. The lowest BCUT2D eigenvalue weighted by atomic mass is 10.0. The van der Waals surface area contributed by atoms with Gasteiger partial charge in [-0.1, -0.05) is 6.07 Å². The van der Waals surface area contributed by atoms with Gasteiger partial charge in [0, 0.05) is 19.6 Å². The predicted octanol–water partition coefficient (Wildman–Crippen LogP) is 2.15. The molecule has 0 aromatic heterocycles. The van der Waals surface area contributed by atoms with Gasteiger partial charge in [0.2, 0.25) is 5.91 Å². The maximum atomic E-state index is 12.2. The number of carbonyl (C=O) groups is 2. The SMILES string of the molecule is COc1ccc(C(CC(=O)O)NC(=O)CCC2CCOC2)cc1OC. The average Bonchev–Trinajstić information content (AvgIpc) is 3.12. The fraction of sp³-hybridized carbons (Fsp3) is 0.556. The minimum Gasteiger partial charge on any atom is -0.493 e. The Morgan fingerprint density at radius 1 is 1.32 bits per heavy atom. The topological polar surface area (TPSA) is 94.1 Å². The number of nitrogens with one attached hydrogen (secondary N) is 1. The van der Waals surface area contributed by atoms with Gasteiger partial charge in [-0.25, -0.2) is 0 Å². The van der Waals surface area contributed by atoms with E-state index in [4.69, 9.17) is 19.3 Å². The van der Waals surface area contributed by atoms with E-state index >= 15 is 0 Å². The molecule has 2 N–H and O–H groups in total. The van der Waals surface area contributed by atoms with E-state index in [0.29, 0.717) is 36.0 Å². The summed E-state index contributed by atoms with van der Waals surface area (Å²) in [7, 11) is 3.04. The van der Waals surface area contributed by atoms with Crippen molar-refractivity contribution >= 4 is 11.9 Å². The van der Waals surface area contributed by atoms with Gasteiger partial charge in [0.25, 0.3) is 0 Å². The Morgan fingerprint density at radius 3 is 2.68 bits per heavy atom. The van der Waals surface area contributed by atoms with Gasteiger partial charge in [-0.3, -0.25) is 9.59 Å². The van der Waals surface area contributed by atoms with Gasteiger partial charge < -0.3 is 24.6 Å². The lowest BCUT2D eigenvalue weighted by molar-refractivity contribution is -0.137. The van der Waals surface area contributed by atoms with Crippen molar-refractivity contribution in [3.05, 3.63) is 23.8 Å². The van der Waals surface area contributed by atoms with Gasteiger partial charge in [-0.05, 0) is 36.5 Å². The van der Waals surface area contributed by atoms with E-state index in [1.54, 1.807) is 18.2 Å². The summed E-state index contributed by atoms with van der Waals surface area (Å²) in [6, 6.07) is 4.51. The van der Waals surface area contributed by atoms with Crippen LogP contribution in [0.15, 0.2) is 18.2 Å². The molecule has 1 saturated heterocycles. The third-order valence-corrected chi connectivity index (χ3v) is 4.33. The van der Waals surface area contributed by atoms with E-state index in [2.05, 4.69) is 5.32 Å². The van der Waals surface area contributed by atoms with Crippen molar-refractivity contribution < 1.29 is 28.9 Å². The number of aliphatic carboxylic acids is 1. The maximum Gasteiger partial charge on any atom is 0.305 e. The Balaban J connectivity index is 2.04. The molecule has 1 fully saturated rings. The molecule has 0 bridgehead atoms. The third kappa shape index (κ3) is 5.63. The zero-order valence-corrected chi connectivity index (χ0v) is 14.6. The quantitative estimate of drug-likeness (QED) is 0.708. The van der Waals surface area contributed by atoms with Crippen molar-refractivity contribution in [3.8, 4) is 11.5 Å². The van der Waals surface area contributed by atoms with Gasteiger partial charge in [0.15, 0.2) is 11.5 Å². The number of benzene rings is 1. The van der Waals surface area contributed by atoms with Crippen LogP contribution in [0.3, 0.4) is 0 Å². The number of amides is 1. The van der Waals surface area contributed by atoms with Crippen LogP contribution in [0.4, 0.5) is 0 Å². The van der Waals surface area contributed by atoms with Crippen LogP contribution in [0.25, 0.3) is 0 Å². The van der Waals surface area contributed by atoms with E-state index in [1.807, 2.05) is 0 Å². The molecule has 0 aliphatic carbocycles. The molecule has 138 valence electrons. The summed E-state index contributed by atoms with van der Waals surface area (Å²) in [6.07, 6.45) is 1.88. The first-order valence-corrected chi connectivity index (χ1v) is 8.34. The Bertz CT molecular complexity index is 597. The molecular weight excluding hydrogens is 326 g/mol. The Morgan fingerprint density at radius 2 is 2.08 bits per heavy atom. The van der Waals surface area contributed by atoms with E-state index in [1.165, 1.54) is 14.2 Å². The maximum absolute atomic E-state index is 12.2. The van der Waals surface area contributed by atoms with Crippen molar-refractivity contribution in [2.75, 3.05) is 27.4 Å². The first-order valence-electron chi connectivity index (χ1n) is 8.34. The molecule has 0 saturated carbocycles. The fourth-order valence-electron chi connectivity index (χ4n) is 2.91. The van der Waals surface area contributed by atoms with Crippen LogP contribution >= 0.6 is 0 Å². The summed E-state index contributed by atoms with van der Waals surface area (Å²) in [5.74, 6) is 0.308. The average molecular weight is 351 g/mol. The van der Waals surface area contributed by atoms with Crippen molar-refractivity contribution in [2.24, 2.45) is 5.92 Å². The highest BCUT2D eigenvalue weighted by molar-refractivity contribution is 5.77. The minimum atomic E-state index is -0.982. The standard InChI is InChI=1S/C18H25NO6/c1-23-15-5-4-13(9-16(15)24-2)14(10-18(21)22)19-17(20)6-3-12-7-8-25-11-12/h4-5,9,12,14H,3,6-8,10-11H2,1-2H3,(H,19,20)(H,21,22). The van der Waals surface area contributed by atoms with E-state index in [-0.39, 0.29) is 12.3 Å². The Labute approximate surface area is 147 Å². The number of carboxylic acid groups (broad SMARTS) is 1. The monoisotopic (exact) mass is 351 g/mol. The number of carboxylic acids is 1. The summed E-state index contributed by atoms with van der Waals surface area (Å²) < 4.78 is 15.7. The van der Waals surface area contributed by atoms with E-state index < -0.39 is 12.0 Å². The van der Waals surface area contributed by atoms with Gasteiger partial charge in [-0.15, -0.1) is 0 Å². The van der Waals surface area contributed by atoms with Crippen molar-refractivity contribution in [2.45, 2.75) is 31.7 Å². The summed E-state index contributed by atoms with van der Waals surface area (Å²) in [5, 5.41) is 12.0. The number of ether oxygens (including phenoxy) is 3. The molecular formula is C18H25NO6. The normalized spacial score (nSPS) is 17.8. The Hall–Kier alpha value is -2.28. The molecule has 0 spiro atoms. The highest BCUT2D eigenvalue weighted by Gasteiger charge is 2.21. The summed E-state index contributed by atoms with van der Waals surface area (Å²) in [6.45, 7) is 1.45. The van der Waals surface area contributed by atoms with Gasteiger partial charge >= 0.3 is 5.97 Å². The van der Waals surface area contributed by atoms with Gasteiger partial charge in [-0.2, -0.15) is 0 Å². The largest absolute Gasteiger partial charge is 0.493 e. The molecule has 2 atom stereocenters. The van der Waals surface area contributed by atoms with Crippen LogP contribution in [0, 0.1) is 5.92 Å². The van der Waals surface area contributed by atoms with E-state index in [9.17, 15) is 9.59 Å². The second kappa shape index (κ2) is 9.27. The van der Waals surface area contributed by atoms with Crippen LogP contribution in [-0.2, 0) is 14.3 Å². The highest BCUT2D eigenvalue weighted by atomic mass is 16.5. The first-order chi connectivity index (χ1) is 12.0. The molecule has 2 unspecified atom stereocenters. The molecule has 1 aliphatic heterocycles. The lowest BCUT2D eigenvalue weighted by Crippen LogP contribution is -2.30. The summed E-state index contributed by atoms with van der Waals surface area (Å²) in [5.41, 5.74) is 0.664. The zero-order valence-electron chi connectivity index (χ0n) is 14.6. The van der Waals surface area contributed by atoms with Crippen LogP contribution in [0.1, 0.15) is 37.3 Å². The summed E-state index contributed by atoms with van der Waals surface area (Å²) >= 11 is 0. The molecule has 1 heterocycles. The molecule has 7 heteroatoms. The van der Waals surface area contributed by atoms with Crippen LogP contribution in [0.2, 0.25) is 0 Å². The third-order valence-electron chi connectivity index (χ3n) is 4.33. The molecule has 2 rings (SSSR count). The number of hydrogen-bond donors (Lipinski definition) is 2. The van der Waals surface area contributed by atoms with Crippen LogP contribution < -0.4 is 14.8 Å². The van der Waals surface area contributed by atoms with E-state index in [0.717, 1.165) is 19.4 Å². The van der Waals surface area contributed by atoms with Crippen LogP contribution in [-0.4, -0.2) is 44.4 Å². The molecule has 0 radical (unpaired) electrons. The van der Waals surface area contributed by atoms with Crippen molar-refractivity contribution in [1.82, 2.24) is 5.32 Å². The fourth-order valence-corrected chi connectivity index (χ4v) is 2.91. The van der Waals surface area contributed by atoms with Crippen molar-refractivity contribution in [3.63, 3.8) is 0 Å². The summed E-state index contributed by atoms with van der Waals surface area (Å²) in [4.78, 5) is 23.4. The zero-order chi connectivity index (χ0) is 18.2. The lowest BCUT2D eigenvalue weighted by Gasteiger charge is -2.19. The van der Waals surface area contributed by atoms with Gasteiger partial charge in [0.1, 0.15) is 0 Å². The molecule has 1 amide bonds. The van der Waals surface area contributed by atoms with Crippen molar-refractivity contribution in [1.29, 1.82) is 0 Å². The second-order valence-electron chi connectivity index (χ2n) is 6.10. The Kier molecular flexibility index (Phi) is 7.06. The number of methoxy groups -OCH3 is 2. The highest BCUT2D eigenvalue weighted by Crippen LogP contribution is 2.31. The number of rotatable bonds is 9. The molecule has 1 aromatic carbocycles. The van der Waals surface area contributed by atoms with Gasteiger partial charge in [0.05, 0.1) is 26.7 Å². The number of hydrogen-bond acceptors (Lipinski definition) is 5. The second-order valence-corrected chi connectivity index (χ2v) is 6.10. The van der Waals surface area contributed by atoms with Crippen LogP contribution in [0.5, 0.6) is 11.5 Å². The number of carbonyl (C=O) groups excluding carboxylic acids is 1.